The van der Waals surface area contributed by atoms with Gasteiger partial charge in [0.2, 0.25) is 0 Å². The minimum atomic E-state index is -4.48. The first kappa shape index (κ1) is 17.8. The van der Waals surface area contributed by atoms with Gasteiger partial charge in [-0.25, -0.2) is 18.2 Å². The molecule has 1 aliphatic heterocycles. The summed E-state index contributed by atoms with van der Waals surface area (Å²) in [6.07, 6.45) is -4.32. The molecule has 0 saturated carbocycles. The van der Waals surface area contributed by atoms with Gasteiger partial charge in [-0.3, -0.25) is 0 Å². The largest absolute Gasteiger partial charge is 0.416 e. The second kappa shape index (κ2) is 5.98. The van der Waals surface area contributed by atoms with E-state index >= 15 is 0 Å². The molecule has 0 spiro atoms. The topological polar surface area (TPSA) is 45.5 Å². The van der Waals surface area contributed by atoms with Gasteiger partial charge < -0.3 is 10.3 Å². The van der Waals surface area contributed by atoms with Crippen molar-refractivity contribution in [3.05, 3.63) is 64.7 Å². The van der Waals surface area contributed by atoms with Crippen LogP contribution in [0.1, 0.15) is 22.9 Å². The highest BCUT2D eigenvalue weighted by atomic mass is 19.4. The van der Waals surface area contributed by atoms with Crippen LogP contribution >= 0.6 is 0 Å². The number of fused-ring (bicyclic) bond motifs is 3. The number of nitrogens with zero attached hydrogens (tertiary/aromatic N) is 2. The monoisotopic (exact) mass is 386 g/mol. The zero-order valence-electron chi connectivity index (χ0n) is 13.8. The number of rotatable bonds is 1. The molecule has 2 aromatic carbocycles. The Morgan fingerprint density at radius 2 is 1.70 bits per heavy atom. The number of halogens is 6. The maximum Gasteiger partial charge on any atom is 0.416 e. The van der Waals surface area contributed by atoms with E-state index in [1.807, 2.05) is 0 Å². The van der Waals surface area contributed by atoms with Gasteiger partial charge in [-0.05, 0) is 24.3 Å². The molecule has 27 heavy (non-hydrogen) atoms. The number of imidazole rings is 1. The summed E-state index contributed by atoms with van der Waals surface area (Å²) in [4.78, 5) is 4.25. The van der Waals surface area contributed by atoms with E-state index in [0.29, 0.717) is 17.4 Å². The summed E-state index contributed by atoms with van der Waals surface area (Å²) in [6.45, 7) is 0.278. The molecule has 3 aromatic rings. The smallest absolute Gasteiger partial charge is 0.353 e. The second-order valence-corrected chi connectivity index (χ2v) is 6.70. The third kappa shape index (κ3) is 2.95. The van der Waals surface area contributed by atoms with Crippen molar-refractivity contribution in [1.29, 1.82) is 0 Å². The Morgan fingerprint density at radius 3 is 2.41 bits per heavy atom. The molecule has 0 bridgehead atoms. The number of alkyl halides is 3. The van der Waals surface area contributed by atoms with Gasteiger partial charge >= 0.3 is 6.18 Å². The van der Waals surface area contributed by atoms with Crippen molar-refractivity contribution < 1.29 is 32.1 Å². The SMILES string of the molecule is [NH3+][C@H]1Cn2c(nc3cc(C(F)(F)F)ccc32)C[C@@H]1c1cc(F)c(F)cc1F. The fourth-order valence-electron chi connectivity index (χ4n) is 3.63. The molecule has 1 aromatic heterocycles. The van der Waals surface area contributed by atoms with Crippen molar-refractivity contribution in [3.8, 4) is 0 Å². The van der Waals surface area contributed by atoms with E-state index in [9.17, 15) is 26.3 Å². The van der Waals surface area contributed by atoms with Crippen molar-refractivity contribution in [3.63, 3.8) is 0 Å². The van der Waals surface area contributed by atoms with Gasteiger partial charge in [0.25, 0.3) is 0 Å². The third-order valence-corrected chi connectivity index (χ3v) is 4.98. The van der Waals surface area contributed by atoms with Gasteiger partial charge in [0.1, 0.15) is 17.7 Å². The van der Waals surface area contributed by atoms with Gasteiger partial charge in [-0.15, -0.1) is 0 Å². The lowest BCUT2D eigenvalue weighted by Crippen LogP contribution is -2.67. The van der Waals surface area contributed by atoms with Gasteiger partial charge in [0, 0.05) is 24.0 Å². The maximum absolute atomic E-state index is 14.2. The zero-order valence-corrected chi connectivity index (χ0v) is 13.8. The van der Waals surface area contributed by atoms with Crippen LogP contribution < -0.4 is 5.73 Å². The predicted molar refractivity (Wildman–Crippen MR) is 84.2 cm³/mol. The van der Waals surface area contributed by atoms with Crippen LogP contribution in [0.2, 0.25) is 0 Å². The molecule has 0 saturated heterocycles. The van der Waals surface area contributed by atoms with Crippen LogP contribution in [0.25, 0.3) is 11.0 Å². The van der Waals surface area contributed by atoms with Crippen LogP contribution in [0, 0.1) is 17.5 Å². The first-order valence-corrected chi connectivity index (χ1v) is 8.19. The lowest BCUT2D eigenvalue weighted by Gasteiger charge is -2.28. The summed E-state index contributed by atoms with van der Waals surface area (Å²) in [7, 11) is 0. The number of hydrogen-bond acceptors (Lipinski definition) is 1. The molecule has 0 unspecified atom stereocenters. The summed E-state index contributed by atoms with van der Waals surface area (Å²) < 4.78 is 81.4. The summed E-state index contributed by atoms with van der Waals surface area (Å²) in [6, 6.07) is 4.21. The molecule has 3 N–H and O–H groups in total. The molecule has 0 radical (unpaired) electrons. The summed E-state index contributed by atoms with van der Waals surface area (Å²) in [5.74, 6) is -3.42. The number of benzene rings is 2. The lowest BCUT2D eigenvalue weighted by atomic mass is 9.86. The molecule has 9 heteroatoms. The molecule has 0 amide bonds. The Labute approximate surface area is 149 Å². The molecular weight excluding hydrogens is 372 g/mol. The number of aromatic nitrogens is 2. The van der Waals surface area contributed by atoms with Gasteiger partial charge in [-0.2, -0.15) is 13.2 Å². The summed E-state index contributed by atoms with van der Waals surface area (Å²) in [5.41, 5.74) is 3.87. The van der Waals surface area contributed by atoms with Crippen LogP contribution in [-0.4, -0.2) is 15.6 Å². The highest BCUT2D eigenvalue weighted by Gasteiger charge is 2.35. The van der Waals surface area contributed by atoms with Crippen LogP contribution in [0.3, 0.4) is 0 Å². The Morgan fingerprint density at radius 1 is 1.00 bits per heavy atom. The van der Waals surface area contributed by atoms with E-state index in [1.54, 1.807) is 4.57 Å². The number of hydrogen-bond donors (Lipinski definition) is 1. The molecule has 142 valence electrons. The maximum atomic E-state index is 14.2. The van der Waals surface area contributed by atoms with E-state index in [1.165, 1.54) is 6.07 Å². The molecular formula is C18H14F6N3+. The van der Waals surface area contributed by atoms with Crippen molar-refractivity contribution in [2.75, 3.05) is 0 Å². The zero-order chi connectivity index (χ0) is 19.5. The van der Waals surface area contributed by atoms with Crippen LogP contribution in [-0.2, 0) is 19.1 Å². The molecule has 2 heterocycles. The van der Waals surface area contributed by atoms with Crippen molar-refractivity contribution in [2.24, 2.45) is 0 Å². The minimum absolute atomic E-state index is 0.0109. The summed E-state index contributed by atoms with van der Waals surface area (Å²) >= 11 is 0. The lowest BCUT2D eigenvalue weighted by molar-refractivity contribution is -0.430. The second-order valence-electron chi connectivity index (χ2n) is 6.70. The molecule has 0 fully saturated rings. The Hall–Kier alpha value is -2.55. The van der Waals surface area contributed by atoms with Crippen LogP contribution in [0.4, 0.5) is 26.3 Å². The Kier molecular flexibility index (Phi) is 3.95. The molecule has 1 aliphatic rings. The molecule has 4 rings (SSSR count). The van der Waals surface area contributed by atoms with Crippen molar-refractivity contribution in [1.82, 2.24) is 9.55 Å². The molecule has 0 aliphatic carbocycles. The highest BCUT2D eigenvalue weighted by Crippen LogP contribution is 2.35. The summed E-state index contributed by atoms with van der Waals surface area (Å²) in [5, 5.41) is 0. The van der Waals surface area contributed by atoms with E-state index in [2.05, 4.69) is 10.7 Å². The van der Waals surface area contributed by atoms with Gasteiger partial charge in [0.15, 0.2) is 11.6 Å². The Bertz CT molecular complexity index is 1040. The third-order valence-electron chi connectivity index (χ3n) is 4.98. The standard InChI is InChI=1S/C18H13F6N3/c19-11-6-13(21)12(20)4-9(11)10-5-17-26-15-3-8(18(22,23)24)1-2-16(15)27(17)7-14(10)25/h1-4,6,10,14H,5,7,25H2/p+1/t10-,14+/m1/s1. The normalized spacial score (nSPS) is 20.1. The highest BCUT2D eigenvalue weighted by molar-refractivity contribution is 5.77. The molecule has 3 nitrogen and oxygen atoms in total. The quantitative estimate of drug-likeness (QED) is 0.506. The van der Waals surface area contributed by atoms with Crippen LogP contribution in [0.15, 0.2) is 30.3 Å². The average Bonchev–Trinajstić information content (AvgIpc) is 2.93. The number of quaternary nitrogens is 1. The fraction of sp³-hybridized carbons (Fsp3) is 0.278. The van der Waals surface area contributed by atoms with E-state index in [-0.39, 0.29) is 24.0 Å². The van der Waals surface area contributed by atoms with E-state index in [4.69, 9.17) is 0 Å². The minimum Gasteiger partial charge on any atom is -0.353 e. The van der Waals surface area contributed by atoms with Gasteiger partial charge in [-0.1, -0.05) is 0 Å². The first-order chi connectivity index (χ1) is 12.6. The van der Waals surface area contributed by atoms with E-state index in [0.717, 1.165) is 18.2 Å². The van der Waals surface area contributed by atoms with Crippen molar-refractivity contribution in [2.45, 2.75) is 31.1 Å². The fourth-order valence-corrected chi connectivity index (χ4v) is 3.63. The molecule has 2 atom stereocenters. The van der Waals surface area contributed by atoms with Crippen LogP contribution in [0.5, 0.6) is 0 Å². The van der Waals surface area contributed by atoms with Gasteiger partial charge in [0.05, 0.1) is 23.1 Å². The van der Waals surface area contributed by atoms with E-state index < -0.39 is 41.2 Å². The predicted octanol–water partition coefficient (Wildman–Crippen LogP) is 3.42. The first-order valence-electron chi connectivity index (χ1n) is 8.19. The van der Waals surface area contributed by atoms with Crippen molar-refractivity contribution >= 4 is 11.0 Å². The Balaban J connectivity index is 1.77. The average molecular weight is 386 g/mol.